The van der Waals surface area contributed by atoms with Crippen LogP contribution in [-0.4, -0.2) is 39.1 Å². The Balaban J connectivity index is 1.85. The maximum absolute atomic E-state index is 11.6. The van der Waals surface area contributed by atoms with Crippen molar-refractivity contribution in [3.8, 4) is 0 Å². The number of fused-ring (bicyclic) bond motifs is 1. The molecule has 0 bridgehead atoms. The Bertz CT molecular complexity index is 542. The topological polar surface area (TPSA) is 49.4 Å². The van der Waals surface area contributed by atoms with E-state index in [-0.39, 0.29) is 0 Å². The van der Waals surface area contributed by atoms with Gasteiger partial charge >= 0.3 is 0 Å². The van der Waals surface area contributed by atoms with Crippen molar-refractivity contribution < 1.29 is 8.42 Å². The molecule has 0 spiro atoms. The largest absolute Gasteiger partial charge is 0.367 e. The minimum Gasteiger partial charge on any atom is -0.367 e. The van der Waals surface area contributed by atoms with Crippen LogP contribution >= 0.6 is 0 Å². The van der Waals surface area contributed by atoms with E-state index in [1.165, 1.54) is 11.3 Å². The monoisotopic (exact) mass is 280 g/mol. The third kappa shape index (κ3) is 2.77. The number of anilines is 1. The van der Waals surface area contributed by atoms with E-state index in [0.717, 1.165) is 32.5 Å². The van der Waals surface area contributed by atoms with E-state index in [1.54, 1.807) is 0 Å². The van der Waals surface area contributed by atoms with Crippen molar-refractivity contribution in [1.82, 2.24) is 5.32 Å². The van der Waals surface area contributed by atoms with Crippen molar-refractivity contribution in [2.24, 2.45) is 0 Å². The lowest BCUT2D eigenvalue weighted by Gasteiger charge is -2.36. The SMILES string of the molecule is O=S1(=O)CCC(N2CCNCc3ccccc32)CC1. The summed E-state index contributed by atoms with van der Waals surface area (Å²) in [4.78, 5) is 2.41. The van der Waals surface area contributed by atoms with Gasteiger partial charge in [0.1, 0.15) is 9.84 Å². The van der Waals surface area contributed by atoms with Crippen LogP contribution in [0, 0.1) is 0 Å². The minimum absolute atomic E-state index is 0.337. The van der Waals surface area contributed by atoms with Crippen LogP contribution in [-0.2, 0) is 16.4 Å². The van der Waals surface area contributed by atoms with Gasteiger partial charge in [-0.15, -0.1) is 0 Å². The van der Waals surface area contributed by atoms with Gasteiger partial charge in [0.2, 0.25) is 0 Å². The Labute approximate surface area is 114 Å². The molecule has 1 fully saturated rings. The van der Waals surface area contributed by atoms with E-state index < -0.39 is 9.84 Å². The molecule has 1 aromatic carbocycles. The van der Waals surface area contributed by atoms with E-state index in [9.17, 15) is 8.42 Å². The number of benzene rings is 1. The number of rotatable bonds is 1. The highest BCUT2D eigenvalue weighted by atomic mass is 32.2. The van der Waals surface area contributed by atoms with Gasteiger partial charge in [-0.05, 0) is 24.5 Å². The number of hydrogen-bond donors (Lipinski definition) is 1. The Kier molecular flexibility index (Phi) is 3.50. The summed E-state index contributed by atoms with van der Waals surface area (Å²) in [6.45, 7) is 2.82. The highest BCUT2D eigenvalue weighted by Crippen LogP contribution is 2.28. The zero-order chi connectivity index (χ0) is 13.3. The molecule has 0 atom stereocenters. The van der Waals surface area contributed by atoms with Crippen LogP contribution in [0.2, 0.25) is 0 Å². The molecule has 1 aromatic rings. The third-order valence-electron chi connectivity index (χ3n) is 4.11. The average Bonchev–Trinajstić information content (AvgIpc) is 2.61. The highest BCUT2D eigenvalue weighted by molar-refractivity contribution is 7.91. The smallest absolute Gasteiger partial charge is 0.150 e. The molecule has 4 nitrogen and oxygen atoms in total. The summed E-state index contributed by atoms with van der Waals surface area (Å²) in [6, 6.07) is 8.81. The fourth-order valence-corrected chi connectivity index (χ4v) is 4.52. The molecule has 0 amide bonds. The van der Waals surface area contributed by atoms with Gasteiger partial charge in [-0.2, -0.15) is 0 Å². The van der Waals surface area contributed by atoms with E-state index in [2.05, 4.69) is 34.5 Å². The summed E-state index contributed by atoms with van der Waals surface area (Å²) in [5.74, 6) is 0.674. The van der Waals surface area contributed by atoms with Gasteiger partial charge in [0, 0.05) is 31.4 Å². The number of sulfone groups is 1. The molecule has 104 valence electrons. The quantitative estimate of drug-likeness (QED) is 0.839. The van der Waals surface area contributed by atoms with Crippen LogP contribution in [0.4, 0.5) is 5.69 Å². The third-order valence-corrected chi connectivity index (χ3v) is 5.83. The van der Waals surface area contributed by atoms with Crippen molar-refractivity contribution in [3.05, 3.63) is 29.8 Å². The molecule has 2 aliphatic rings. The molecule has 5 heteroatoms. The van der Waals surface area contributed by atoms with Gasteiger partial charge in [0.15, 0.2) is 0 Å². The summed E-state index contributed by atoms with van der Waals surface area (Å²) >= 11 is 0. The molecule has 2 aliphatic heterocycles. The lowest BCUT2D eigenvalue weighted by molar-refractivity contribution is 0.515. The Morgan fingerprint density at radius 3 is 2.68 bits per heavy atom. The maximum atomic E-state index is 11.6. The molecule has 19 heavy (non-hydrogen) atoms. The Morgan fingerprint density at radius 2 is 1.89 bits per heavy atom. The second kappa shape index (κ2) is 5.13. The standard InChI is InChI=1S/C14H20N2O2S/c17-19(18)9-5-13(6-10-19)16-8-7-15-11-12-3-1-2-4-14(12)16/h1-4,13,15H,5-11H2. The second-order valence-corrected chi connectivity index (χ2v) is 7.69. The molecule has 0 radical (unpaired) electrons. The summed E-state index contributed by atoms with van der Waals surface area (Å²) in [6.07, 6.45) is 1.52. The van der Waals surface area contributed by atoms with Crippen LogP contribution < -0.4 is 10.2 Å². The molecule has 0 saturated carbocycles. The van der Waals surface area contributed by atoms with Crippen LogP contribution in [0.25, 0.3) is 0 Å². The van der Waals surface area contributed by atoms with Crippen LogP contribution in [0.1, 0.15) is 18.4 Å². The predicted molar refractivity (Wildman–Crippen MR) is 77.2 cm³/mol. The van der Waals surface area contributed by atoms with Crippen molar-refractivity contribution in [3.63, 3.8) is 0 Å². The zero-order valence-electron chi connectivity index (χ0n) is 11.0. The first kappa shape index (κ1) is 12.9. The van der Waals surface area contributed by atoms with Gasteiger partial charge < -0.3 is 10.2 Å². The van der Waals surface area contributed by atoms with Gasteiger partial charge in [-0.1, -0.05) is 18.2 Å². The van der Waals surface area contributed by atoms with Crippen molar-refractivity contribution in [1.29, 1.82) is 0 Å². The lowest BCUT2D eigenvalue weighted by atomic mass is 10.1. The molecule has 3 rings (SSSR count). The summed E-state index contributed by atoms with van der Waals surface area (Å²) in [7, 11) is -2.78. The van der Waals surface area contributed by atoms with Crippen LogP contribution in [0.15, 0.2) is 24.3 Å². The number of hydrogen-bond acceptors (Lipinski definition) is 4. The van der Waals surface area contributed by atoms with E-state index in [1.807, 2.05) is 0 Å². The molecule has 1 N–H and O–H groups in total. The Morgan fingerprint density at radius 1 is 1.16 bits per heavy atom. The van der Waals surface area contributed by atoms with E-state index >= 15 is 0 Å². The number of nitrogens with zero attached hydrogens (tertiary/aromatic N) is 1. The van der Waals surface area contributed by atoms with Crippen molar-refractivity contribution in [2.75, 3.05) is 29.5 Å². The molecule has 2 heterocycles. The predicted octanol–water partition coefficient (Wildman–Crippen LogP) is 1.17. The van der Waals surface area contributed by atoms with Gasteiger partial charge in [0.05, 0.1) is 11.5 Å². The van der Waals surface area contributed by atoms with Crippen molar-refractivity contribution in [2.45, 2.75) is 25.4 Å². The molecular weight excluding hydrogens is 260 g/mol. The van der Waals surface area contributed by atoms with E-state index in [0.29, 0.717) is 17.5 Å². The normalized spacial score (nSPS) is 23.7. The molecule has 1 saturated heterocycles. The van der Waals surface area contributed by atoms with Crippen molar-refractivity contribution >= 4 is 15.5 Å². The maximum Gasteiger partial charge on any atom is 0.150 e. The Hall–Kier alpha value is -1.07. The summed E-state index contributed by atoms with van der Waals surface area (Å²) < 4.78 is 23.1. The minimum atomic E-state index is -2.78. The summed E-state index contributed by atoms with van der Waals surface area (Å²) in [5, 5.41) is 3.43. The van der Waals surface area contributed by atoms with Gasteiger partial charge in [0.25, 0.3) is 0 Å². The van der Waals surface area contributed by atoms with E-state index in [4.69, 9.17) is 0 Å². The molecule has 0 unspecified atom stereocenters. The first-order valence-electron chi connectivity index (χ1n) is 6.91. The second-order valence-electron chi connectivity index (χ2n) is 5.38. The van der Waals surface area contributed by atoms with Crippen LogP contribution in [0.5, 0.6) is 0 Å². The first-order valence-corrected chi connectivity index (χ1v) is 8.73. The summed E-state index contributed by atoms with van der Waals surface area (Å²) in [5.41, 5.74) is 2.59. The molecular formula is C14H20N2O2S. The van der Waals surface area contributed by atoms with Gasteiger partial charge in [-0.25, -0.2) is 8.42 Å². The number of para-hydroxylation sites is 1. The molecule has 0 aromatic heterocycles. The molecule has 0 aliphatic carbocycles. The van der Waals surface area contributed by atoms with Crippen LogP contribution in [0.3, 0.4) is 0 Å². The highest BCUT2D eigenvalue weighted by Gasteiger charge is 2.29. The average molecular weight is 280 g/mol. The fraction of sp³-hybridized carbons (Fsp3) is 0.571. The zero-order valence-corrected chi connectivity index (χ0v) is 11.8. The number of nitrogens with one attached hydrogen (secondary N) is 1. The van der Waals surface area contributed by atoms with Gasteiger partial charge in [-0.3, -0.25) is 0 Å². The first-order chi connectivity index (χ1) is 9.16. The lowest BCUT2D eigenvalue weighted by Crippen LogP contribution is -2.43. The fourth-order valence-electron chi connectivity index (χ4n) is 3.05.